The van der Waals surface area contributed by atoms with Gasteiger partial charge in [0.2, 0.25) is 5.95 Å². The molecule has 0 aliphatic heterocycles. The summed E-state index contributed by atoms with van der Waals surface area (Å²) in [6.07, 6.45) is -0.415. The summed E-state index contributed by atoms with van der Waals surface area (Å²) in [5.74, 6) is 7.22. The highest BCUT2D eigenvalue weighted by molar-refractivity contribution is 5.55. The Morgan fingerprint density at radius 1 is 1.13 bits per heavy atom. The van der Waals surface area contributed by atoms with Gasteiger partial charge in [0.25, 0.3) is 0 Å². The first-order chi connectivity index (χ1) is 11.0. The average molecular weight is 312 g/mol. The van der Waals surface area contributed by atoms with Crippen molar-refractivity contribution in [1.29, 1.82) is 0 Å². The molecule has 23 heavy (non-hydrogen) atoms. The van der Waals surface area contributed by atoms with E-state index < -0.39 is 6.10 Å². The summed E-state index contributed by atoms with van der Waals surface area (Å²) in [5.41, 5.74) is 14.6. The van der Waals surface area contributed by atoms with E-state index in [1.54, 1.807) is 21.1 Å². The molecule has 0 spiro atoms. The van der Waals surface area contributed by atoms with Crippen LogP contribution in [0.2, 0.25) is 0 Å². The smallest absolute Gasteiger partial charge is 0.222 e. The third-order valence-electron chi connectivity index (χ3n) is 3.47. The monoisotopic (exact) mass is 312 g/mol. The lowest BCUT2D eigenvalue weighted by molar-refractivity contribution is 0.149. The normalized spacial score (nSPS) is 11.5. The number of aromatic nitrogens is 2. The van der Waals surface area contributed by atoms with Crippen molar-refractivity contribution in [2.45, 2.75) is 20.0 Å². The molecule has 4 N–H and O–H groups in total. The lowest BCUT2D eigenvalue weighted by atomic mass is 10.0. The molecule has 0 aliphatic rings. The molecule has 0 radical (unpaired) electrons. The number of nitrogens with zero attached hydrogens (tertiary/aromatic N) is 2. The van der Waals surface area contributed by atoms with E-state index in [-0.39, 0.29) is 11.8 Å². The van der Waals surface area contributed by atoms with Crippen molar-refractivity contribution >= 4 is 11.8 Å². The largest absolute Gasteiger partial charge is 0.497 e. The highest BCUT2D eigenvalue weighted by Crippen LogP contribution is 2.25. The first kappa shape index (κ1) is 16.6. The van der Waals surface area contributed by atoms with Crippen LogP contribution < -0.4 is 16.2 Å². The molecular formula is C17H20N4O2. The van der Waals surface area contributed by atoms with E-state index in [1.165, 1.54) is 0 Å². The zero-order valence-electron chi connectivity index (χ0n) is 13.7. The third kappa shape index (κ3) is 3.71. The zero-order chi connectivity index (χ0) is 17.0. The molecule has 6 nitrogen and oxygen atoms in total. The molecule has 120 valence electrons. The first-order valence-corrected chi connectivity index (χ1v) is 7.04. The summed E-state index contributed by atoms with van der Waals surface area (Å²) in [5, 5.41) is 0. The zero-order valence-corrected chi connectivity index (χ0v) is 13.7. The van der Waals surface area contributed by atoms with Gasteiger partial charge in [-0.2, -0.15) is 4.98 Å². The van der Waals surface area contributed by atoms with Crippen molar-refractivity contribution in [2.75, 3.05) is 25.7 Å². The van der Waals surface area contributed by atoms with Crippen molar-refractivity contribution in [3.05, 3.63) is 40.6 Å². The number of nitrogen functional groups attached to an aromatic ring is 2. The fourth-order valence-corrected chi connectivity index (χ4v) is 2.20. The van der Waals surface area contributed by atoms with Gasteiger partial charge in [-0.25, -0.2) is 4.98 Å². The number of anilines is 2. The molecule has 1 atom stereocenters. The fraction of sp³-hybridized carbons (Fsp3) is 0.294. The molecule has 0 amide bonds. The Morgan fingerprint density at radius 2 is 1.87 bits per heavy atom. The molecule has 1 aromatic carbocycles. The van der Waals surface area contributed by atoms with Crippen molar-refractivity contribution in [2.24, 2.45) is 0 Å². The van der Waals surface area contributed by atoms with E-state index in [2.05, 4.69) is 21.8 Å². The van der Waals surface area contributed by atoms with Gasteiger partial charge in [0.05, 0.1) is 18.4 Å². The quantitative estimate of drug-likeness (QED) is 0.842. The van der Waals surface area contributed by atoms with Gasteiger partial charge in [0, 0.05) is 7.11 Å². The summed E-state index contributed by atoms with van der Waals surface area (Å²) in [7, 11) is 3.23. The van der Waals surface area contributed by atoms with Gasteiger partial charge in [0.1, 0.15) is 17.7 Å². The predicted octanol–water partition coefficient (Wildman–Crippen LogP) is 2.01. The Kier molecular flexibility index (Phi) is 5.04. The number of ether oxygens (including phenoxy) is 2. The van der Waals surface area contributed by atoms with Gasteiger partial charge in [0.15, 0.2) is 0 Å². The second-order valence-electron chi connectivity index (χ2n) is 5.04. The molecule has 0 aliphatic carbocycles. The molecule has 2 rings (SSSR count). The summed E-state index contributed by atoms with van der Waals surface area (Å²) in [6.45, 7) is 3.78. The van der Waals surface area contributed by atoms with Crippen LogP contribution in [-0.4, -0.2) is 24.2 Å². The maximum absolute atomic E-state index is 5.87. The number of benzene rings is 1. The Labute approximate surface area is 135 Å². The summed E-state index contributed by atoms with van der Waals surface area (Å²) < 4.78 is 10.8. The van der Waals surface area contributed by atoms with Crippen molar-refractivity contribution in [3.63, 3.8) is 0 Å². The standard InChI is InChI=1S/C17H20N4O2/c1-10-5-6-12(22-3)9-14(10)15(23-4)8-7-13-11(2)20-17(19)21-16(13)18/h5-6,9,15H,1-4H3,(H4,18,19,20,21)/t15-/m1/s1. The van der Waals surface area contributed by atoms with Gasteiger partial charge >= 0.3 is 0 Å². The number of methoxy groups -OCH3 is 2. The van der Waals surface area contributed by atoms with Crippen LogP contribution in [-0.2, 0) is 4.74 Å². The Morgan fingerprint density at radius 3 is 2.48 bits per heavy atom. The third-order valence-corrected chi connectivity index (χ3v) is 3.47. The summed E-state index contributed by atoms with van der Waals surface area (Å²) in [6, 6.07) is 5.77. The number of nitrogens with two attached hydrogens (primary N) is 2. The minimum atomic E-state index is -0.415. The average Bonchev–Trinajstić information content (AvgIpc) is 2.51. The van der Waals surface area contributed by atoms with Crippen LogP contribution in [0.25, 0.3) is 0 Å². The van der Waals surface area contributed by atoms with Crippen LogP contribution in [0.1, 0.15) is 28.5 Å². The second kappa shape index (κ2) is 6.99. The van der Waals surface area contributed by atoms with Crippen molar-refractivity contribution in [1.82, 2.24) is 9.97 Å². The van der Waals surface area contributed by atoms with Gasteiger partial charge in [-0.1, -0.05) is 17.9 Å². The highest BCUT2D eigenvalue weighted by Gasteiger charge is 2.12. The van der Waals surface area contributed by atoms with E-state index in [1.807, 2.05) is 25.1 Å². The maximum Gasteiger partial charge on any atom is 0.222 e. The molecule has 0 fully saturated rings. The van der Waals surface area contributed by atoms with Crippen LogP contribution in [0.3, 0.4) is 0 Å². The van der Waals surface area contributed by atoms with Gasteiger partial charge in [-0.3, -0.25) is 0 Å². The minimum absolute atomic E-state index is 0.137. The van der Waals surface area contributed by atoms with Crippen molar-refractivity contribution < 1.29 is 9.47 Å². The second-order valence-corrected chi connectivity index (χ2v) is 5.04. The predicted molar refractivity (Wildman–Crippen MR) is 90.0 cm³/mol. The minimum Gasteiger partial charge on any atom is -0.497 e. The lowest BCUT2D eigenvalue weighted by Crippen LogP contribution is -2.06. The van der Waals surface area contributed by atoms with E-state index in [0.29, 0.717) is 11.3 Å². The van der Waals surface area contributed by atoms with Gasteiger partial charge in [-0.15, -0.1) is 0 Å². The molecule has 2 aromatic rings. The van der Waals surface area contributed by atoms with Gasteiger partial charge in [-0.05, 0) is 37.1 Å². The number of rotatable bonds is 3. The van der Waals surface area contributed by atoms with E-state index in [4.69, 9.17) is 20.9 Å². The van der Waals surface area contributed by atoms with Crippen LogP contribution >= 0.6 is 0 Å². The Bertz CT molecular complexity index is 755. The van der Waals surface area contributed by atoms with E-state index in [9.17, 15) is 0 Å². The number of hydrogen-bond donors (Lipinski definition) is 2. The van der Waals surface area contributed by atoms with Gasteiger partial charge < -0.3 is 20.9 Å². The molecule has 0 saturated carbocycles. The number of hydrogen-bond acceptors (Lipinski definition) is 6. The first-order valence-electron chi connectivity index (χ1n) is 7.04. The summed E-state index contributed by atoms with van der Waals surface area (Å²) >= 11 is 0. The van der Waals surface area contributed by atoms with Crippen molar-refractivity contribution in [3.8, 4) is 17.6 Å². The summed E-state index contributed by atoms with van der Waals surface area (Å²) in [4.78, 5) is 8.02. The molecule has 0 unspecified atom stereocenters. The molecule has 1 heterocycles. The Balaban J connectivity index is 2.42. The molecule has 1 aromatic heterocycles. The molecule has 6 heteroatoms. The SMILES string of the molecule is COc1ccc(C)c([C@@H](C#Cc2c(C)nc(N)nc2N)OC)c1. The highest BCUT2D eigenvalue weighted by atomic mass is 16.5. The van der Waals surface area contributed by atoms with Crippen LogP contribution in [0.15, 0.2) is 18.2 Å². The number of aryl methyl sites for hydroxylation is 2. The van der Waals surface area contributed by atoms with E-state index in [0.717, 1.165) is 16.9 Å². The van der Waals surface area contributed by atoms with Crippen LogP contribution in [0, 0.1) is 25.7 Å². The Hall–Kier alpha value is -2.78. The maximum atomic E-state index is 5.87. The van der Waals surface area contributed by atoms with Crippen LogP contribution in [0.5, 0.6) is 5.75 Å². The fourth-order valence-electron chi connectivity index (χ4n) is 2.20. The van der Waals surface area contributed by atoms with E-state index >= 15 is 0 Å². The van der Waals surface area contributed by atoms with Crippen LogP contribution in [0.4, 0.5) is 11.8 Å². The topological polar surface area (TPSA) is 96.3 Å². The molecular weight excluding hydrogens is 292 g/mol. The molecule has 0 bridgehead atoms. The lowest BCUT2D eigenvalue weighted by Gasteiger charge is -2.13. The molecule has 0 saturated heterocycles.